The number of nitrogens with zero attached hydrogens (tertiary/aromatic N) is 1. The van der Waals surface area contributed by atoms with Gasteiger partial charge in [-0.05, 0) is 37.0 Å². The number of methoxy groups -OCH3 is 1. The summed E-state index contributed by atoms with van der Waals surface area (Å²) in [5.41, 5.74) is 3.38. The fraction of sp³-hybridized carbons (Fsp3) is 0.321. The number of amides is 2. The number of aryl methyl sites for hydroxylation is 2. The van der Waals surface area contributed by atoms with E-state index in [1.165, 1.54) is 7.11 Å². The van der Waals surface area contributed by atoms with Crippen molar-refractivity contribution in [3.63, 3.8) is 0 Å². The largest absolute Gasteiger partial charge is 0.457 e. The Bertz CT molecular complexity index is 1230. The minimum atomic E-state index is -1.58. The van der Waals surface area contributed by atoms with Crippen molar-refractivity contribution in [1.82, 2.24) is 4.90 Å². The van der Waals surface area contributed by atoms with Crippen LogP contribution in [-0.4, -0.2) is 54.2 Å². The molecule has 0 saturated carbocycles. The summed E-state index contributed by atoms with van der Waals surface area (Å²) in [4.78, 5) is 40.3. The van der Waals surface area contributed by atoms with E-state index < -0.39 is 29.9 Å². The van der Waals surface area contributed by atoms with Crippen LogP contribution in [0.5, 0.6) is 0 Å². The number of benzene rings is 2. The molecule has 0 aliphatic carbocycles. The Kier molecular flexibility index (Phi) is 7.97. The van der Waals surface area contributed by atoms with E-state index in [9.17, 15) is 19.5 Å². The molecule has 0 unspecified atom stereocenters. The summed E-state index contributed by atoms with van der Waals surface area (Å²) >= 11 is 0. The van der Waals surface area contributed by atoms with Crippen molar-refractivity contribution in [1.29, 1.82) is 0 Å². The fourth-order valence-corrected chi connectivity index (χ4v) is 4.35. The van der Waals surface area contributed by atoms with Crippen LogP contribution in [-0.2, 0) is 20.7 Å². The van der Waals surface area contributed by atoms with Crippen LogP contribution >= 0.6 is 0 Å². The number of aliphatic hydroxyl groups is 1. The minimum absolute atomic E-state index is 0.00747. The zero-order chi connectivity index (χ0) is 25.7. The summed E-state index contributed by atoms with van der Waals surface area (Å²) in [6.07, 6.45) is -0.635. The second kappa shape index (κ2) is 11.3. The van der Waals surface area contributed by atoms with Crippen LogP contribution in [0.4, 0.5) is 4.79 Å². The van der Waals surface area contributed by atoms with Crippen molar-refractivity contribution in [3.8, 4) is 11.1 Å². The zero-order valence-corrected chi connectivity index (χ0v) is 20.3. The van der Waals surface area contributed by atoms with Gasteiger partial charge in [-0.2, -0.15) is 0 Å². The van der Waals surface area contributed by atoms with E-state index in [1.807, 2.05) is 37.3 Å². The van der Waals surface area contributed by atoms with Crippen molar-refractivity contribution < 1.29 is 33.4 Å². The molecule has 2 heterocycles. The van der Waals surface area contributed by atoms with E-state index >= 15 is 0 Å². The molecule has 0 bridgehead atoms. The van der Waals surface area contributed by atoms with E-state index in [-0.39, 0.29) is 19.0 Å². The number of rotatable bonds is 10. The Morgan fingerprint density at radius 3 is 2.58 bits per heavy atom. The molecule has 1 fully saturated rings. The number of unbranched alkanes of at least 4 members (excludes halogenated alkanes) is 1. The number of aliphatic hydroxyl groups excluding tert-OH is 1. The highest BCUT2D eigenvalue weighted by Gasteiger charge is 2.44. The Balaban J connectivity index is 1.64. The summed E-state index contributed by atoms with van der Waals surface area (Å²) in [6.45, 7) is 2.02. The third-order valence-electron chi connectivity index (χ3n) is 6.19. The molecule has 2 aromatic carbocycles. The summed E-state index contributed by atoms with van der Waals surface area (Å²) in [7, 11) is 1.24. The van der Waals surface area contributed by atoms with Crippen LogP contribution in [0, 0.1) is 6.92 Å². The number of cyclic esters (lactones) is 1. The first-order valence-corrected chi connectivity index (χ1v) is 11.9. The number of carbonyl (C=O) groups is 3. The average molecular weight is 492 g/mol. The molecule has 0 radical (unpaired) electrons. The van der Waals surface area contributed by atoms with E-state index in [0.29, 0.717) is 30.6 Å². The highest BCUT2D eigenvalue weighted by atomic mass is 16.6. The van der Waals surface area contributed by atoms with Crippen molar-refractivity contribution in [2.24, 2.45) is 0 Å². The molecule has 36 heavy (non-hydrogen) atoms. The third-order valence-corrected chi connectivity index (χ3v) is 6.19. The van der Waals surface area contributed by atoms with Gasteiger partial charge in [0.25, 0.3) is 5.91 Å². The fourth-order valence-electron chi connectivity index (χ4n) is 4.35. The highest BCUT2D eigenvalue weighted by molar-refractivity contribution is 6.14. The molecular formula is C28H29NO7. The van der Waals surface area contributed by atoms with Crippen molar-refractivity contribution >= 4 is 17.8 Å². The maximum atomic E-state index is 13.5. The van der Waals surface area contributed by atoms with E-state index in [0.717, 1.165) is 21.6 Å². The van der Waals surface area contributed by atoms with Gasteiger partial charge >= 0.3 is 6.09 Å². The molecule has 8 heteroatoms. The number of hydrogen-bond donors (Lipinski definition) is 1. The molecular weight excluding hydrogens is 462 g/mol. The topological polar surface area (TPSA) is 106 Å². The molecule has 1 aromatic heterocycles. The molecule has 188 valence electrons. The van der Waals surface area contributed by atoms with Crippen LogP contribution in [0.3, 0.4) is 0 Å². The lowest BCUT2D eigenvalue weighted by molar-refractivity contribution is -0.137. The van der Waals surface area contributed by atoms with Crippen LogP contribution < -0.4 is 0 Å². The number of hydrogen-bond acceptors (Lipinski definition) is 7. The Morgan fingerprint density at radius 2 is 1.89 bits per heavy atom. The summed E-state index contributed by atoms with van der Waals surface area (Å²) < 4.78 is 16.4. The zero-order valence-electron chi connectivity index (χ0n) is 20.3. The minimum Gasteiger partial charge on any atom is -0.457 e. The Morgan fingerprint density at radius 1 is 1.11 bits per heavy atom. The average Bonchev–Trinajstić information content (AvgIpc) is 3.49. The smallest absolute Gasteiger partial charge is 0.417 e. The molecule has 4 rings (SSSR count). The molecule has 2 amide bonds. The molecule has 0 spiro atoms. The van der Waals surface area contributed by atoms with Crippen molar-refractivity contribution in [2.45, 2.75) is 38.3 Å². The number of ether oxygens (including phenoxy) is 2. The molecule has 2 atom stereocenters. The van der Waals surface area contributed by atoms with Gasteiger partial charge in [0.15, 0.2) is 5.76 Å². The second-order valence-electron chi connectivity index (χ2n) is 8.69. The van der Waals surface area contributed by atoms with Crippen LogP contribution in [0.15, 0.2) is 65.1 Å². The van der Waals surface area contributed by atoms with Gasteiger partial charge in [-0.1, -0.05) is 60.2 Å². The molecule has 1 N–H and O–H groups in total. The van der Waals surface area contributed by atoms with Gasteiger partial charge < -0.3 is 19.0 Å². The van der Waals surface area contributed by atoms with Gasteiger partial charge in [0, 0.05) is 25.7 Å². The monoisotopic (exact) mass is 491 g/mol. The van der Waals surface area contributed by atoms with E-state index in [4.69, 9.17) is 13.9 Å². The predicted molar refractivity (Wildman–Crippen MR) is 131 cm³/mol. The SMILES string of the molecule is CO[C@H](C(=O)c1cc(-c2cccc(C)c2)c(CCCCO)o1)C(=O)N1C(=O)OC[C@H]1c1ccccc1. The van der Waals surface area contributed by atoms with E-state index in [2.05, 4.69) is 0 Å². The maximum Gasteiger partial charge on any atom is 0.417 e. The first-order chi connectivity index (χ1) is 17.4. The normalized spacial score (nSPS) is 16.1. The second-order valence-corrected chi connectivity index (χ2v) is 8.69. The summed E-state index contributed by atoms with van der Waals surface area (Å²) in [5.74, 6) is -0.942. The van der Waals surface area contributed by atoms with Gasteiger partial charge in [0.05, 0.1) is 0 Å². The Labute approximate surface area is 209 Å². The number of furan rings is 1. The van der Waals surface area contributed by atoms with E-state index in [1.54, 1.807) is 30.3 Å². The summed E-state index contributed by atoms with van der Waals surface area (Å²) in [6, 6.07) is 17.7. The lowest BCUT2D eigenvalue weighted by Crippen LogP contribution is -2.45. The van der Waals surface area contributed by atoms with Crippen LogP contribution in [0.1, 0.15) is 46.3 Å². The third kappa shape index (κ3) is 5.24. The van der Waals surface area contributed by atoms with Gasteiger partial charge in [0.1, 0.15) is 18.4 Å². The van der Waals surface area contributed by atoms with Crippen LogP contribution in [0.2, 0.25) is 0 Å². The predicted octanol–water partition coefficient (Wildman–Crippen LogP) is 4.49. The molecule has 1 aliphatic rings. The quantitative estimate of drug-likeness (QED) is 0.253. The maximum absolute atomic E-state index is 13.5. The van der Waals surface area contributed by atoms with Crippen molar-refractivity contribution in [3.05, 3.63) is 83.3 Å². The van der Waals surface area contributed by atoms with Gasteiger partial charge in [-0.15, -0.1) is 0 Å². The Hall–Kier alpha value is -3.75. The first kappa shape index (κ1) is 25.3. The summed E-state index contributed by atoms with van der Waals surface area (Å²) in [5, 5.41) is 9.17. The van der Waals surface area contributed by atoms with Gasteiger partial charge in [-0.25, -0.2) is 9.69 Å². The molecule has 8 nitrogen and oxygen atoms in total. The number of ketones is 1. The first-order valence-electron chi connectivity index (χ1n) is 11.9. The number of carbonyl (C=O) groups excluding carboxylic acids is 3. The van der Waals surface area contributed by atoms with Crippen LogP contribution in [0.25, 0.3) is 11.1 Å². The number of Topliss-reactive ketones (excluding diaryl/α,β-unsaturated/α-hetero) is 1. The lowest BCUT2D eigenvalue weighted by Gasteiger charge is -2.23. The molecule has 1 saturated heterocycles. The van der Waals surface area contributed by atoms with Gasteiger partial charge in [0.2, 0.25) is 11.9 Å². The van der Waals surface area contributed by atoms with Gasteiger partial charge in [-0.3, -0.25) is 9.59 Å². The molecule has 3 aromatic rings. The number of imide groups is 1. The lowest BCUT2D eigenvalue weighted by atomic mass is 10.0. The molecule has 1 aliphatic heterocycles. The highest BCUT2D eigenvalue weighted by Crippen LogP contribution is 2.32. The standard InChI is InChI=1S/C28H29NO7/c1-18-9-8-12-20(15-18)21-16-24(36-23(21)13-6-7-14-30)25(31)26(34-2)27(32)29-22(17-35-28(29)33)19-10-4-3-5-11-19/h3-5,8-12,15-16,22,26,30H,6-7,13-14,17H2,1-2H3/t22-,26+/m0/s1. The van der Waals surface area contributed by atoms with Crippen molar-refractivity contribution in [2.75, 3.05) is 20.3 Å².